The van der Waals surface area contributed by atoms with Crippen LogP contribution in [0.15, 0.2) is 12.2 Å². The van der Waals surface area contributed by atoms with Crippen molar-refractivity contribution in [3.8, 4) is 0 Å². The molecule has 0 aromatic carbocycles. The number of hydrogen-bond donors (Lipinski definition) is 0. The first-order chi connectivity index (χ1) is 11.2. The minimum atomic E-state index is -3.14. The van der Waals surface area contributed by atoms with Gasteiger partial charge in [-0.2, -0.15) is 0 Å². The van der Waals surface area contributed by atoms with Crippen molar-refractivity contribution in [3.05, 3.63) is 12.2 Å². The van der Waals surface area contributed by atoms with Crippen molar-refractivity contribution in [3.63, 3.8) is 0 Å². The van der Waals surface area contributed by atoms with Gasteiger partial charge < -0.3 is 14.2 Å². The van der Waals surface area contributed by atoms with Crippen molar-refractivity contribution in [2.24, 2.45) is 17.8 Å². The molecule has 24 heavy (non-hydrogen) atoms. The minimum absolute atomic E-state index is 0.0685. The van der Waals surface area contributed by atoms with Gasteiger partial charge in [0.25, 0.3) is 5.92 Å². The van der Waals surface area contributed by atoms with Crippen molar-refractivity contribution in [2.75, 3.05) is 6.61 Å². The van der Waals surface area contributed by atoms with Crippen LogP contribution in [0.1, 0.15) is 26.2 Å². The molecule has 0 spiro atoms. The van der Waals surface area contributed by atoms with Crippen molar-refractivity contribution >= 4 is 17.9 Å². The lowest BCUT2D eigenvalue weighted by Gasteiger charge is -2.25. The van der Waals surface area contributed by atoms with E-state index in [1.807, 2.05) is 0 Å². The number of rotatable bonds is 6. The van der Waals surface area contributed by atoms with E-state index in [2.05, 4.69) is 11.3 Å². The van der Waals surface area contributed by atoms with Gasteiger partial charge in [0.2, 0.25) is 0 Å². The Labute approximate surface area is 137 Å². The van der Waals surface area contributed by atoms with Crippen molar-refractivity contribution in [1.82, 2.24) is 0 Å². The van der Waals surface area contributed by atoms with Gasteiger partial charge in [-0.15, -0.1) is 0 Å². The number of hydrogen-bond acceptors (Lipinski definition) is 6. The third-order valence-electron chi connectivity index (χ3n) is 4.79. The number of esters is 3. The van der Waals surface area contributed by atoms with Gasteiger partial charge in [0.05, 0.1) is 12.3 Å². The van der Waals surface area contributed by atoms with Crippen LogP contribution in [0.3, 0.4) is 0 Å². The monoisotopic (exact) mass is 344 g/mol. The second-order valence-electron chi connectivity index (χ2n) is 6.78. The average molecular weight is 344 g/mol. The molecule has 6 nitrogen and oxygen atoms in total. The molecule has 0 amide bonds. The van der Waals surface area contributed by atoms with E-state index in [0.717, 1.165) is 6.42 Å². The third-order valence-corrected chi connectivity index (χ3v) is 4.79. The Morgan fingerprint density at radius 3 is 2.75 bits per heavy atom. The molecule has 2 saturated carbocycles. The Hall–Kier alpha value is -1.99. The van der Waals surface area contributed by atoms with Crippen LogP contribution in [-0.2, 0) is 28.6 Å². The topological polar surface area (TPSA) is 78.9 Å². The first kappa shape index (κ1) is 16.9. The van der Waals surface area contributed by atoms with Gasteiger partial charge in [-0.25, -0.2) is 13.6 Å². The van der Waals surface area contributed by atoms with E-state index in [0.29, 0.717) is 13.3 Å². The van der Waals surface area contributed by atoms with Gasteiger partial charge in [0.1, 0.15) is 12.2 Å². The van der Waals surface area contributed by atoms with E-state index in [1.54, 1.807) is 0 Å². The first-order valence-corrected chi connectivity index (χ1v) is 7.78. The molecular weight excluding hydrogens is 326 g/mol. The Bertz CT molecular complexity index is 596. The van der Waals surface area contributed by atoms with E-state index in [-0.39, 0.29) is 29.3 Å². The number of carbonyl (C=O) groups excluding carboxylic acids is 3. The molecular formula is C16H18F2O6. The number of fused-ring (bicyclic) bond motifs is 1. The van der Waals surface area contributed by atoms with Crippen molar-refractivity contribution in [2.45, 2.75) is 44.3 Å². The van der Waals surface area contributed by atoms with Crippen molar-refractivity contribution in [1.29, 1.82) is 0 Å². The Morgan fingerprint density at radius 1 is 1.38 bits per heavy atom. The maximum Gasteiger partial charge on any atom is 0.334 e. The summed E-state index contributed by atoms with van der Waals surface area (Å²) >= 11 is 0. The second-order valence-corrected chi connectivity index (χ2v) is 6.78. The number of ether oxygens (including phenoxy) is 3. The van der Waals surface area contributed by atoms with Crippen LogP contribution in [0, 0.1) is 17.8 Å². The normalized spacial score (nSPS) is 33.3. The summed E-state index contributed by atoms with van der Waals surface area (Å²) in [5, 5.41) is 0. The molecule has 0 aromatic rings. The summed E-state index contributed by atoms with van der Waals surface area (Å²) in [6.07, 6.45) is -0.0679. The minimum Gasteiger partial charge on any atom is -0.459 e. The SMILES string of the molecule is C=C(CC(=O)OCC(C)(F)F)C(=O)OC1C2CC3C(=O)OC1C3C2. The summed E-state index contributed by atoms with van der Waals surface area (Å²) in [6.45, 7) is 3.01. The molecule has 1 saturated heterocycles. The molecule has 0 radical (unpaired) electrons. The van der Waals surface area contributed by atoms with E-state index >= 15 is 0 Å². The summed E-state index contributed by atoms with van der Waals surface area (Å²) in [4.78, 5) is 35.2. The molecule has 8 heteroatoms. The lowest BCUT2D eigenvalue weighted by atomic mass is 9.88. The molecule has 1 aliphatic heterocycles. The number of alkyl halides is 2. The molecule has 1 heterocycles. The van der Waals surface area contributed by atoms with Crippen molar-refractivity contribution < 1.29 is 37.4 Å². The molecule has 5 atom stereocenters. The molecule has 2 bridgehead atoms. The van der Waals surface area contributed by atoms with Gasteiger partial charge in [-0.05, 0) is 12.8 Å². The van der Waals surface area contributed by atoms with Gasteiger partial charge in [-0.3, -0.25) is 9.59 Å². The quantitative estimate of drug-likeness (QED) is 0.414. The van der Waals surface area contributed by atoms with Crippen LogP contribution in [0.4, 0.5) is 8.78 Å². The lowest BCUT2D eigenvalue weighted by molar-refractivity contribution is -0.160. The lowest BCUT2D eigenvalue weighted by Crippen LogP contribution is -2.36. The van der Waals surface area contributed by atoms with Crippen LogP contribution < -0.4 is 0 Å². The van der Waals surface area contributed by atoms with E-state index in [9.17, 15) is 23.2 Å². The molecule has 3 rings (SSSR count). The van der Waals surface area contributed by atoms with Gasteiger partial charge >= 0.3 is 17.9 Å². The highest BCUT2D eigenvalue weighted by Gasteiger charge is 2.63. The Morgan fingerprint density at radius 2 is 2.08 bits per heavy atom. The highest BCUT2D eigenvalue weighted by atomic mass is 19.3. The molecule has 3 fully saturated rings. The molecule has 5 unspecified atom stereocenters. The highest BCUT2D eigenvalue weighted by Crippen LogP contribution is 2.55. The fraction of sp³-hybridized carbons (Fsp3) is 0.688. The molecule has 3 aliphatic rings. The van der Waals surface area contributed by atoms with E-state index in [4.69, 9.17) is 9.47 Å². The Balaban J connectivity index is 1.50. The fourth-order valence-corrected chi connectivity index (χ4v) is 3.78. The number of carbonyl (C=O) groups is 3. The predicted octanol–water partition coefficient (Wildman–Crippen LogP) is 1.62. The smallest absolute Gasteiger partial charge is 0.334 e. The highest BCUT2D eigenvalue weighted by molar-refractivity contribution is 5.93. The predicted molar refractivity (Wildman–Crippen MR) is 74.8 cm³/mol. The summed E-state index contributed by atoms with van der Waals surface area (Å²) in [5.41, 5.74) is -0.178. The van der Waals surface area contributed by atoms with E-state index in [1.165, 1.54) is 0 Å². The standard InChI is InChI=1S/C16H18F2O6/c1-7(3-11(19)22-6-16(2,17)18)14(20)23-12-8-4-9-10(5-8)15(21)24-13(9)12/h8-10,12-13H,1,3-6H2,2H3. The van der Waals surface area contributed by atoms with Crippen LogP contribution in [0.5, 0.6) is 0 Å². The maximum atomic E-state index is 12.6. The Kier molecular flexibility index (Phi) is 4.09. The molecule has 2 aliphatic carbocycles. The molecule has 132 valence electrons. The van der Waals surface area contributed by atoms with Gasteiger partial charge in [0, 0.05) is 24.3 Å². The second kappa shape index (κ2) is 5.82. The maximum absolute atomic E-state index is 12.6. The van der Waals surface area contributed by atoms with E-state index < -0.39 is 43.1 Å². The zero-order valence-electron chi connectivity index (χ0n) is 13.1. The number of halogens is 2. The zero-order valence-corrected chi connectivity index (χ0v) is 13.1. The summed E-state index contributed by atoms with van der Waals surface area (Å²) < 4.78 is 40.3. The first-order valence-electron chi connectivity index (χ1n) is 7.78. The third kappa shape index (κ3) is 3.14. The van der Waals surface area contributed by atoms with Gasteiger partial charge in [0.15, 0.2) is 6.61 Å². The van der Waals surface area contributed by atoms with Crippen LogP contribution in [-0.4, -0.2) is 42.6 Å². The summed E-state index contributed by atoms with van der Waals surface area (Å²) in [6, 6.07) is 0. The van der Waals surface area contributed by atoms with Crippen LogP contribution in [0.2, 0.25) is 0 Å². The summed E-state index contributed by atoms with van der Waals surface area (Å²) in [5.74, 6) is -5.09. The largest absolute Gasteiger partial charge is 0.459 e. The van der Waals surface area contributed by atoms with Gasteiger partial charge in [-0.1, -0.05) is 6.58 Å². The molecule has 0 N–H and O–H groups in total. The zero-order chi connectivity index (χ0) is 17.6. The van der Waals surface area contributed by atoms with Crippen LogP contribution in [0.25, 0.3) is 0 Å². The average Bonchev–Trinajstić information content (AvgIpc) is 3.09. The summed E-state index contributed by atoms with van der Waals surface area (Å²) in [7, 11) is 0. The fourth-order valence-electron chi connectivity index (χ4n) is 3.78. The molecule has 0 aromatic heterocycles. The van der Waals surface area contributed by atoms with Crippen LogP contribution >= 0.6 is 0 Å².